The number of aliphatic carboxylic acids is 1. The Balaban J connectivity index is 2.92. The third-order valence-electron chi connectivity index (χ3n) is 2.19. The molecule has 0 spiro atoms. The van der Waals surface area contributed by atoms with Gasteiger partial charge in [0.1, 0.15) is 0 Å². The predicted molar refractivity (Wildman–Crippen MR) is 63.0 cm³/mol. The maximum Gasteiger partial charge on any atom is 0.331 e. The molecule has 5 heteroatoms. The van der Waals surface area contributed by atoms with Crippen LogP contribution in [0, 0.1) is 0 Å². The van der Waals surface area contributed by atoms with Gasteiger partial charge in [-0.2, -0.15) is 0 Å². The van der Waals surface area contributed by atoms with Crippen molar-refractivity contribution < 1.29 is 14.6 Å². The van der Waals surface area contributed by atoms with Crippen LogP contribution in [0.4, 0.5) is 5.69 Å². The van der Waals surface area contributed by atoms with Gasteiger partial charge in [0.2, 0.25) is 0 Å². The van der Waals surface area contributed by atoms with Crippen molar-refractivity contribution in [2.24, 2.45) is 0 Å². The second-order valence-electron chi connectivity index (χ2n) is 3.68. The zero-order chi connectivity index (χ0) is 12.2. The number of carboxylic acid groups (broad SMARTS) is 1. The highest BCUT2D eigenvalue weighted by molar-refractivity contribution is 6.33. The Hall–Kier alpha value is -1.26. The van der Waals surface area contributed by atoms with Crippen molar-refractivity contribution in [1.82, 2.24) is 0 Å². The zero-order valence-corrected chi connectivity index (χ0v) is 9.91. The summed E-state index contributed by atoms with van der Waals surface area (Å²) in [6, 6.07) is 6.98. The summed E-state index contributed by atoms with van der Waals surface area (Å²) >= 11 is 5.94. The van der Waals surface area contributed by atoms with Gasteiger partial charge in [-0.3, -0.25) is 0 Å². The number of carboxylic acids is 1. The molecular formula is C11H14ClNO3. The molecule has 0 fully saturated rings. The van der Waals surface area contributed by atoms with Gasteiger partial charge < -0.3 is 15.2 Å². The number of anilines is 1. The predicted octanol–water partition coefficient (Wildman–Crippen LogP) is 2.24. The first-order valence-corrected chi connectivity index (χ1v) is 5.12. The van der Waals surface area contributed by atoms with Crippen LogP contribution in [0.2, 0.25) is 5.02 Å². The molecule has 1 atom stereocenters. The van der Waals surface area contributed by atoms with Crippen LogP contribution in [0.5, 0.6) is 0 Å². The molecule has 4 nitrogen and oxygen atoms in total. The number of benzene rings is 1. The van der Waals surface area contributed by atoms with Crippen LogP contribution >= 0.6 is 11.6 Å². The number of rotatable bonds is 5. The van der Waals surface area contributed by atoms with E-state index in [2.05, 4.69) is 5.32 Å². The first kappa shape index (κ1) is 12.8. The molecule has 0 saturated carbocycles. The fourth-order valence-corrected chi connectivity index (χ4v) is 1.48. The number of hydrogen-bond acceptors (Lipinski definition) is 3. The minimum Gasteiger partial charge on any atom is -0.479 e. The number of halogens is 1. The summed E-state index contributed by atoms with van der Waals surface area (Å²) in [5, 5.41) is 12.5. The van der Waals surface area contributed by atoms with Crippen LogP contribution < -0.4 is 5.32 Å². The lowest BCUT2D eigenvalue weighted by atomic mass is 10.0. The van der Waals surface area contributed by atoms with E-state index in [1.807, 2.05) is 0 Å². The van der Waals surface area contributed by atoms with Crippen LogP contribution in [0.15, 0.2) is 24.3 Å². The van der Waals surface area contributed by atoms with Crippen molar-refractivity contribution in [2.75, 3.05) is 19.0 Å². The Morgan fingerprint density at radius 2 is 2.19 bits per heavy atom. The molecular weight excluding hydrogens is 230 g/mol. The molecule has 1 aromatic rings. The van der Waals surface area contributed by atoms with E-state index in [1.165, 1.54) is 7.11 Å². The van der Waals surface area contributed by atoms with Crippen LogP contribution in [0.3, 0.4) is 0 Å². The molecule has 0 aliphatic rings. The standard InChI is InChI=1S/C11H14ClNO3/c1-11(7-16-2,10(14)15)13-9-6-4-3-5-8(9)12/h3-6,13H,7H2,1-2H3,(H,14,15). The quantitative estimate of drug-likeness (QED) is 0.833. The highest BCUT2D eigenvalue weighted by Crippen LogP contribution is 2.24. The van der Waals surface area contributed by atoms with Gasteiger partial charge in [-0.15, -0.1) is 0 Å². The topological polar surface area (TPSA) is 58.6 Å². The highest BCUT2D eigenvalue weighted by Gasteiger charge is 2.33. The minimum atomic E-state index is -1.19. The van der Waals surface area contributed by atoms with Crippen LogP contribution in [0.25, 0.3) is 0 Å². The van der Waals surface area contributed by atoms with Crippen LogP contribution in [-0.4, -0.2) is 30.3 Å². The number of ether oxygens (including phenoxy) is 1. The summed E-state index contributed by atoms with van der Waals surface area (Å²) in [4.78, 5) is 11.1. The van der Waals surface area contributed by atoms with E-state index < -0.39 is 11.5 Å². The normalized spacial score (nSPS) is 14.2. The Labute approximate surface area is 99.2 Å². The SMILES string of the molecule is COCC(C)(Nc1ccccc1Cl)C(=O)O. The van der Waals surface area contributed by atoms with E-state index in [1.54, 1.807) is 31.2 Å². The lowest BCUT2D eigenvalue weighted by Crippen LogP contribution is -2.47. The number of nitrogens with one attached hydrogen (secondary N) is 1. The van der Waals surface area contributed by atoms with Crippen molar-refractivity contribution >= 4 is 23.3 Å². The molecule has 88 valence electrons. The van der Waals surface area contributed by atoms with Crippen molar-refractivity contribution in [3.63, 3.8) is 0 Å². The van der Waals surface area contributed by atoms with Gasteiger partial charge >= 0.3 is 5.97 Å². The zero-order valence-electron chi connectivity index (χ0n) is 9.16. The average Bonchev–Trinajstić information content (AvgIpc) is 2.21. The molecule has 1 rings (SSSR count). The Kier molecular flexibility index (Phi) is 4.15. The highest BCUT2D eigenvalue weighted by atomic mass is 35.5. The molecule has 1 unspecified atom stereocenters. The lowest BCUT2D eigenvalue weighted by Gasteiger charge is -2.26. The van der Waals surface area contributed by atoms with E-state index in [0.717, 1.165) is 0 Å². The fraction of sp³-hybridized carbons (Fsp3) is 0.364. The molecule has 1 aromatic carbocycles. The van der Waals surface area contributed by atoms with E-state index in [4.69, 9.17) is 21.4 Å². The second kappa shape index (κ2) is 5.18. The third-order valence-corrected chi connectivity index (χ3v) is 2.52. The van der Waals surface area contributed by atoms with E-state index in [-0.39, 0.29) is 6.61 Å². The van der Waals surface area contributed by atoms with Gasteiger partial charge in [0, 0.05) is 7.11 Å². The van der Waals surface area contributed by atoms with Gasteiger partial charge in [-0.1, -0.05) is 23.7 Å². The largest absolute Gasteiger partial charge is 0.479 e. The van der Waals surface area contributed by atoms with Crippen molar-refractivity contribution in [2.45, 2.75) is 12.5 Å². The average molecular weight is 244 g/mol. The number of methoxy groups -OCH3 is 1. The summed E-state index contributed by atoms with van der Waals surface area (Å²) in [5.41, 5.74) is -0.620. The maximum absolute atomic E-state index is 11.1. The summed E-state index contributed by atoms with van der Waals surface area (Å²) < 4.78 is 4.89. The van der Waals surface area contributed by atoms with Gasteiger partial charge in [0.25, 0.3) is 0 Å². The summed E-state index contributed by atoms with van der Waals surface area (Å²) in [5.74, 6) is -0.991. The van der Waals surface area contributed by atoms with Crippen molar-refractivity contribution in [3.05, 3.63) is 29.3 Å². The summed E-state index contributed by atoms with van der Waals surface area (Å²) in [6.07, 6.45) is 0. The third kappa shape index (κ3) is 2.87. The Bertz CT molecular complexity index is 383. The molecule has 0 saturated heterocycles. The van der Waals surface area contributed by atoms with E-state index in [9.17, 15) is 4.79 Å². The number of hydrogen-bond donors (Lipinski definition) is 2. The minimum absolute atomic E-state index is 0.0492. The monoisotopic (exact) mass is 243 g/mol. The number of para-hydroxylation sites is 1. The van der Waals surface area contributed by atoms with Gasteiger partial charge in [0.05, 0.1) is 17.3 Å². The molecule has 0 aromatic heterocycles. The Morgan fingerprint density at radius 1 is 1.56 bits per heavy atom. The fourth-order valence-electron chi connectivity index (χ4n) is 1.30. The number of carbonyl (C=O) groups is 1. The van der Waals surface area contributed by atoms with Gasteiger partial charge in [-0.25, -0.2) is 4.79 Å². The van der Waals surface area contributed by atoms with E-state index >= 15 is 0 Å². The maximum atomic E-state index is 11.1. The lowest BCUT2D eigenvalue weighted by molar-refractivity contribution is -0.143. The molecule has 0 heterocycles. The van der Waals surface area contributed by atoms with Crippen molar-refractivity contribution in [3.8, 4) is 0 Å². The second-order valence-corrected chi connectivity index (χ2v) is 4.08. The molecule has 0 amide bonds. The van der Waals surface area contributed by atoms with Gasteiger partial charge in [-0.05, 0) is 19.1 Å². The molecule has 0 aliphatic heterocycles. The molecule has 0 aliphatic carbocycles. The van der Waals surface area contributed by atoms with Crippen LogP contribution in [-0.2, 0) is 9.53 Å². The van der Waals surface area contributed by atoms with E-state index in [0.29, 0.717) is 10.7 Å². The Morgan fingerprint density at radius 3 is 2.69 bits per heavy atom. The van der Waals surface area contributed by atoms with Crippen LogP contribution in [0.1, 0.15) is 6.92 Å². The molecule has 0 radical (unpaired) electrons. The molecule has 16 heavy (non-hydrogen) atoms. The first-order valence-electron chi connectivity index (χ1n) is 4.74. The smallest absolute Gasteiger partial charge is 0.331 e. The summed E-state index contributed by atoms with van der Waals surface area (Å²) in [6.45, 7) is 1.59. The molecule has 2 N–H and O–H groups in total. The van der Waals surface area contributed by atoms with Gasteiger partial charge in [0.15, 0.2) is 5.54 Å². The summed E-state index contributed by atoms with van der Waals surface area (Å²) in [7, 11) is 1.45. The first-order chi connectivity index (χ1) is 7.49. The van der Waals surface area contributed by atoms with Crippen molar-refractivity contribution in [1.29, 1.82) is 0 Å². The molecule has 0 bridgehead atoms.